The van der Waals surface area contributed by atoms with Crippen LogP contribution in [0.25, 0.3) is 0 Å². The van der Waals surface area contributed by atoms with Crippen LogP contribution in [0.15, 0.2) is 72.8 Å². The lowest BCUT2D eigenvalue weighted by Gasteiger charge is -2.36. The molecule has 7 heteroatoms. The molecule has 2 amide bonds. The summed E-state index contributed by atoms with van der Waals surface area (Å²) in [4.78, 5) is 31.3. The molecule has 0 aromatic heterocycles. The van der Waals surface area contributed by atoms with Crippen molar-refractivity contribution in [2.45, 2.75) is 6.54 Å². The highest BCUT2D eigenvalue weighted by molar-refractivity contribution is 6.30. The van der Waals surface area contributed by atoms with Gasteiger partial charge in [-0.15, -0.1) is 0 Å². The second kappa shape index (κ2) is 9.16. The van der Waals surface area contributed by atoms with E-state index in [0.29, 0.717) is 36.0 Å². The van der Waals surface area contributed by atoms with E-state index in [1.165, 1.54) is 0 Å². The second-order valence-corrected chi connectivity index (χ2v) is 8.63. The van der Waals surface area contributed by atoms with Crippen LogP contribution >= 0.6 is 11.6 Å². The fraction of sp³-hybridized carbons (Fsp3) is 0.231. The van der Waals surface area contributed by atoms with Crippen molar-refractivity contribution in [3.8, 4) is 5.75 Å². The largest absolute Gasteiger partial charge is 0.482 e. The first kappa shape index (κ1) is 21.3. The number of ether oxygens (including phenoxy) is 1. The van der Waals surface area contributed by atoms with Gasteiger partial charge in [-0.3, -0.25) is 9.59 Å². The van der Waals surface area contributed by atoms with E-state index < -0.39 is 0 Å². The number of halogens is 1. The lowest BCUT2D eigenvalue weighted by Crippen LogP contribution is -2.48. The molecule has 2 heterocycles. The molecule has 0 atom stereocenters. The van der Waals surface area contributed by atoms with E-state index in [1.54, 1.807) is 4.90 Å². The first-order valence-electron chi connectivity index (χ1n) is 11.0. The summed E-state index contributed by atoms with van der Waals surface area (Å²) in [7, 11) is 0. The number of carbonyl (C=O) groups is 2. The van der Waals surface area contributed by atoms with Crippen LogP contribution < -0.4 is 14.5 Å². The van der Waals surface area contributed by atoms with E-state index >= 15 is 0 Å². The van der Waals surface area contributed by atoms with E-state index in [0.717, 1.165) is 30.0 Å². The second-order valence-electron chi connectivity index (χ2n) is 8.19. The number of fused-ring (bicyclic) bond motifs is 1. The maximum Gasteiger partial charge on any atom is 0.265 e. The van der Waals surface area contributed by atoms with Crippen molar-refractivity contribution in [1.82, 2.24) is 4.90 Å². The van der Waals surface area contributed by atoms with Crippen LogP contribution in [0.1, 0.15) is 15.9 Å². The van der Waals surface area contributed by atoms with Crippen molar-refractivity contribution in [2.75, 3.05) is 42.6 Å². The van der Waals surface area contributed by atoms with Crippen LogP contribution in [0.3, 0.4) is 0 Å². The van der Waals surface area contributed by atoms with Gasteiger partial charge in [0, 0.05) is 42.5 Å². The van der Waals surface area contributed by atoms with Crippen molar-refractivity contribution >= 4 is 34.8 Å². The predicted molar refractivity (Wildman–Crippen MR) is 129 cm³/mol. The van der Waals surface area contributed by atoms with Gasteiger partial charge in [-0.25, -0.2) is 0 Å². The molecule has 5 rings (SSSR count). The van der Waals surface area contributed by atoms with E-state index in [9.17, 15) is 9.59 Å². The molecule has 0 unspecified atom stereocenters. The average molecular weight is 462 g/mol. The number of para-hydroxylation sites is 2. The lowest BCUT2D eigenvalue weighted by molar-refractivity contribution is -0.121. The Hall–Kier alpha value is -3.51. The third-order valence-electron chi connectivity index (χ3n) is 6.09. The van der Waals surface area contributed by atoms with Crippen molar-refractivity contribution in [3.05, 3.63) is 88.9 Å². The fourth-order valence-electron chi connectivity index (χ4n) is 4.29. The molecule has 0 spiro atoms. The molecule has 1 saturated heterocycles. The van der Waals surface area contributed by atoms with Crippen molar-refractivity contribution < 1.29 is 14.3 Å². The van der Waals surface area contributed by atoms with Gasteiger partial charge in [0.05, 0.1) is 12.2 Å². The highest BCUT2D eigenvalue weighted by Crippen LogP contribution is 2.32. The zero-order chi connectivity index (χ0) is 22.8. The van der Waals surface area contributed by atoms with Gasteiger partial charge in [0.1, 0.15) is 5.75 Å². The minimum Gasteiger partial charge on any atom is -0.482 e. The maximum absolute atomic E-state index is 13.0. The van der Waals surface area contributed by atoms with Crippen molar-refractivity contribution in [2.24, 2.45) is 0 Å². The molecule has 2 aliphatic rings. The average Bonchev–Trinajstić information content (AvgIpc) is 2.86. The Balaban J connectivity index is 1.22. The summed E-state index contributed by atoms with van der Waals surface area (Å²) in [6.45, 7) is 3.32. The quantitative estimate of drug-likeness (QED) is 0.583. The smallest absolute Gasteiger partial charge is 0.265 e. The van der Waals surface area contributed by atoms with Crippen molar-refractivity contribution in [1.29, 1.82) is 0 Å². The number of hydrogen-bond acceptors (Lipinski definition) is 4. The standard InChI is InChI=1S/C26H24ClN3O3/c27-21-4-3-5-22(16-21)28-12-14-29(15-13-28)26(32)20-10-8-19(9-11-20)17-30-23-6-1-2-7-24(23)33-18-25(30)31/h1-11,16H,12-15,17-18H2. The van der Waals surface area contributed by atoms with E-state index in [1.807, 2.05) is 77.7 Å². The molecule has 3 aromatic rings. The molecule has 0 bridgehead atoms. The molecule has 2 aliphatic heterocycles. The Kier molecular flexibility index (Phi) is 5.92. The molecule has 168 valence electrons. The van der Waals surface area contributed by atoms with E-state index in [-0.39, 0.29) is 18.4 Å². The number of carbonyl (C=O) groups excluding carboxylic acids is 2. The summed E-state index contributed by atoms with van der Waals surface area (Å²) in [5.41, 5.74) is 3.47. The number of amides is 2. The highest BCUT2D eigenvalue weighted by atomic mass is 35.5. The third-order valence-corrected chi connectivity index (χ3v) is 6.33. The molecule has 0 saturated carbocycles. The Morgan fingerprint density at radius 3 is 2.42 bits per heavy atom. The van der Waals surface area contributed by atoms with Crippen LogP contribution in [0.4, 0.5) is 11.4 Å². The highest BCUT2D eigenvalue weighted by Gasteiger charge is 2.26. The summed E-state index contributed by atoms with van der Waals surface area (Å²) >= 11 is 6.11. The van der Waals surface area contributed by atoms with E-state index in [2.05, 4.69) is 4.90 Å². The molecule has 0 radical (unpaired) electrons. The van der Waals surface area contributed by atoms with Gasteiger partial charge in [0.25, 0.3) is 11.8 Å². The maximum atomic E-state index is 13.0. The molecule has 6 nitrogen and oxygen atoms in total. The molecule has 0 N–H and O–H groups in total. The molecule has 0 aliphatic carbocycles. The van der Waals surface area contributed by atoms with Crippen molar-refractivity contribution in [3.63, 3.8) is 0 Å². The fourth-order valence-corrected chi connectivity index (χ4v) is 4.47. The van der Waals surface area contributed by atoms with Crippen LogP contribution in [0, 0.1) is 0 Å². The summed E-state index contributed by atoms with van der Waals surface area (Å²) in [6.07, 6.45) is 0. The zero-order valence-corrected chi connectivity index (χ0v) is 18.9. The normalized spacial score (nSPS) is 15.8. The summed E-state index contributed by atoms with van der Waals surface area (Å²) in [6, 6.07) is 22.9. The number of nitrogens with zero attached hydrogens (tertiary/aromatic N) is 3. The Bertz CT molecular complexity index is 1170. The lowest BCUT2D eigenvalue weighted by atomic mass is 10.1. The van der Waals surface area contributed by atoms with Crippen LogP contribution in [-0.2, 0) is 11.3 Å². The van der Waals surface area contributed by atoms with Gasteiger partial charge < -0.3 is 19.4 Å². The first-order chi connectivity index (χ1) is 16.1. The predicted octanol–water partition coefficient (Wildman–Crippen LogP) is 4.23. The zero-order valence-electron chi connectivity index (χ0n) is 18.1. The monoisotopic (exact) mass is 461 g/mol. The van der Waals surface area contributed by atoms with Gasteiger partial charge in [-0.2, -0.15) is 0 Å². The molecule has 1 fully saturated rings. The molecule has 33 heavy (non-hydrogen) atoms. The number of rotatable bonds is 4. The summed E-state index contributed by atoms with van der Waals surface area (Å²) < 4.78 is 5.51. The Morgan fingerprint density at radius 1 is 0.909 bits per heavy atom. The van der Waals surface area contributed by atoms with Gasteiger partial charge in [0.15, 0.2) is 6.61 Å². The molecular formula is C26H24ClN3O3. The SMILES string of the molecule is O=C(c1ccc(CN2C(=O)COc3ccccc32)cc1)N1CCN(c2cccc(Cl)c2)CC1. The first-order valence-corrected chi connectivity index (χ1v) is 11.4. The van der Waals surface area contributed by atoms with Crippen LogP contribution in [-0.4, -0.2) is 49.5 Å². The Labute approximate surface area is 197 Å². The molecule has 3 aromatic carbocycles. The van der Waals surface area contributed by atoms with Crippen LogP contribution in [0.5, 0.6) is 5.75 Å². The van der Waals surface area contributed by atoms with Gasteiger partial charge >= 0.3 is 0 Å². The topological polar surface area (TPSA) is 53.1 Å². The van der Waals surface area contributed by atoms with Gasteiger partial charge in [-0.1, -0.05) is 41.9 Å². The van der Waals surface area contributed by atoms with Gasteiger partial charge in [0.2, 0.25) is 0 Å². The van der Waals surface area contributed by atoms with Crippen LogP contribution in [0.2, 0.25) is 5.02 Å². The van der Waals surface area contributed by atoms with E-state index in [4.69, 9.17) is 16.3 Å². The van der Waals surface area contributed by atoms with Gasteiger partial charge in [-0.05, 0) is 48.0 Å². The minimum atomic E-state index is -0.0774. The number of benzene rings is 3. The Morgan fingerprint density at radius 2 is 1.67 bits per heavy atom. The number of hydrogen-bond donors (Lipinski definition) is 0. The third kappa shape index (κ3) is 4.52. The molecular weight excluding hydrogens is 438 g/mol. The number of piperazine rings is 1. The number of anilines is 2. The summed E-state index contributed by atoms with van der Waals surface area (Å²) in [5.74, 6) is 0.660. The summed E-state index contributed by atoms with van der Waals surface area (Å²) in [5, 5.41) is 0.716. The minimum absolute atomic E-state index is 0.0279.